The zero-order valence-corrected chi connectivity index (χ0v) is 18.4. The summed E-state index contributed by atoms with van der Waals surface area (Å²) >= 11 is 0. The number of aromatic nitrogens is 4. The number of hydrogen-bond donors (Lipinski definition) is 3. The van der Waals surface area contributed by atoms with Gasteiger partial charge in [-0.15, -0.1) is 0 Å². The summed E-state index contributed by atoms with van der Waals surface area (Å²) in [4.78, 5) is 31.8. The average Bonchev–Trinajstić information content (AvgIpc) is 3.16. The maximum atomic E-state index is 12.8. The van der Waals surface area contributed by atoms with E-state index in [4.69, 9.17) is 14.7 Å². The fourth-order valence-electron chi connectivity index (χ4n) is 3.53. The molecule has 0 saturated heterocycles. The first-order chi connectivity index (χ1) is 15.9. The number of aryl methyl sites for hydroxylation is 2. The van der Waals surface area contributed by atoms with Crippen molar-refractivity contribution in [3.05, 3.63) is 64.1 Å². The lowest BCUT2D eigenvalue weighted by Gasteiger charge is -2.13. The van der Waals surface area contributed by atoms with Crippen LogP contribution >= 0.6 is 0 Å². The Kier molecular flexibility index (Phi) is 6.09. The molecular weight excluding hydrogens is 426 g/mol. The highest BCUT2D eigenvalue weighted by atomic mass is 16.5. The Morgan fingerprint density at radius 1 is 1.15 bits per heavy atom. The van der Waals surface area contributed by atoms with Crippen LogP contribution in [0.2, 0.25) is 0 Å². The lowest BCUT2D eigenvalue weighted by molar-refractivity contribution is 0.0706. The first-order valence-electron chi connectivity index (χ1n) is 10.4. The van der Waals surface area contributed by atoms with E-state index in [0.717, 1.165) is 5.69 Å². The number of hydroxylamine groups is 1. The van der Waals surface area contributed by atoms with E-state index in [0.29, 0.717) is 52.7 Å². The molecule has 170 valence electrons. The van der Waals surface area contributed by atoms with E-state index in [2.05, 4.69) is 15.1 Å². The SMILES string of the molecule is CCOc1ccc(Oc2ccc(C(=O)NO)cc2)cc1-c1nc2c(CC)nn(C)c2c(=O)[nH]1. The number of nitrogens with one attached hydrogen (secondary N) is 2. The van der Waals surface area contributed by atoms with Crippen LogP contribution in [0.5, 0.6) is 17.2 Å². The van der Waals surface area contributed by atoms with Crippen molar-refractivity contribution in [3.63, 3.8) is 0 Å². The normalized spacial score (nSPS) is 10.9. The molecule has 2 aromatic heterocycles. The molecule has 0 spiro atoms. The summed E-state index contributed by atoms with van der Waals surface area (Å²) in [6.45, 7) is 4.26. The van der Waals surface area contributed by atoms with Crippen LogP contribution in [0.1, 0.15) is 29.9 Å². The van der Waals surface area contributed by atoms with Crippen LogP contribution in [0.4, 0.5) is 0 Å². The Labute approximate surface area is 188 Å². The van der Waals surface area contributed by atoms with E-state index < -0.39 is 5.91 Å². The maximum absolute atomic E-state index is 12.8. The van der Waals surface area contributed by atoms with Gasteiger partial charge >= 0.3 is 0 Å². The number of ether oxygens (including phenoxy) is 2. The molecular formula is C23H23N5O5. The third-order valence-corrected chi connectivity index (χ3v) is 5.06. The fourth-order valence-corrected chi connectivity index (χ4v) is 3.53. The van der Waals surface area contributed by atoms with Crippen molar-refractivity contribution in [2.24, 2.45) is 7.05 Å². The highest BCUT2D eigenvalue weighted by molar-refractivity contribution is 5.93. The molecule has 0 saturated carbocycles. The molecule has 0 unspecified atom stereocenters. The van der Waals surface area contributed by atoms with Crippen molar-refractivity contribution >= 4 is 16.9 Å². The van der Waals surface area contributed by atoms with Crippen molar-refractivity contribution in [1.82, 2.24) is 25.2 Å². The molecule has 2 aromatic carbocycles. The first-order valence-corrected chi connectivity index (χ1v) is 10.4. The second-order valence-electron chi connectivity index (χ2n) is 7.19. The molecule has 0 radical (unpaired) electrons. The molecule has 1 amide bonds. The minimum absolute atomic E-state index is 0.288. The number of nitrogens with zero attached hydrogens (tertiary/aromatic N) is 3. The summed E-state index contributed by atoms with van der Waals surface area (Å²) in [5.41, 5.74) is 3.83. The Bertz CT molecular complexity index is 1370. The third kappa shape index (κ3) is 4.28. The van der Waals surface area contributed by atoms with Gasteiger partial charge in [0.05, 0.1) is 17.9 Å². The van der Waals surface area contributed by atoms with Gasteiger partial charge in [-0.1, -0.05) is 6.92 Å². The van der Waals surface area contributed by atoms with Crippen LogP contribution in [0.25, 0.3) is 22.4 Å². The number of aromatic amines is 1. The second-order valence-corrected chi connectivity index (χ2v) is 7.19. The van der Waals surface area contributed by atoms with Crippen molar-refractivity contribution < 1.29 is 19.5 Å². The Morgan fingerprint density at radius 3 is 2.55 bits per heavy atom. The number of hydrogen-bond acceptors (Lipinski definition) is 7. The van der Waals surface area contributed by atoms with Crippen molar-refractivity contribution in [2.75, 3.05) is 6.61 Å². The van der Waals surface area contributed by atoms with Gasteiger partial charge in [-0.2, -0.15) is 5.10 Å². The summed E-state index contributed by atoms with van der Waals surface area (Å²) in [5.74, 6) is 1.25. The van der Waals surface area contributed by atoms with Gasteiger partial charge in [0.2, 0.25) is 0 Å². The van der Waals surface area contributed by atoms with Gasteiger partial charge in [0.25, 0.3) is 11.5 Å². The quantitative estimate of drug-likeness (QED) is 0.292. The molecule has 0 atom stereocenters. The van der Waals surface area contributed by atoms with Crippen LogP contribution in [0, 0.1) is 0 Å². The molecule has 0 aliphatic rings. The third-order valence-electron chi connectivity index (χ3n) is 5.06. The standard InChI is InChI=1S/C23H23N5O5/c1-4-17-19-20(28(3)26-17)23(30)25-21(24-19)16-12-15(10-11-18(16)32-5-2)33-14-8-6-13(7-9-14)22(29)27-31/h6-12,31H,4-5H2,1-3H3,(H,27,29)(H,24,25,30). The minimum Gasteiger partial charge on any atom is -0.493 e. The van der Waals surface area contributed by atoms with E-state index in [1.54, 1.807) is 42.9 Å². The van der Waals surface area contributed by atoms with Gasteiger partial charge in [0.1, 0.15) is 28.6 Å². The summed E-state index contributed by atoms with van der Waals surface area (Å²) < 4.78 is 13.2. The predicted octanol–water partition coefficient (Wildman–Crippen LogP) is 3.20. The number of carbonyl (C=O) groups is 1. The molecule has 0 fully saturated rings. The number of rotatable bonds is 7. The second kappa shape index (κ2) is 9.13. The molecule has 10 nitrogen and oxygen atoms in total. The van der Waals surface area contributed by atoms with Gasteiger partial charge in [0, 0.05) is 12.6 Å². The molecule has 3 N–H and O–H groups in total. The number of H-pyrrole nitrogens is 1. The molecule has 0 bridgehead atoms. The van der Waals surface area contributed by atoms with E-state index in [1.165, 1.54) is 16.8 Å². The van der Waals surface area contributed by atoms with Crippen LogP contribution in [-0.4, -0.2) is 37.5 Å². The number of amides is 1. The molecule has 4 rings (SSSR count). The Morgan fingerprint density at radius 2 is 1.88 bits per heavy atom. The summed E-state index contributed by atoms with van der Waals surface area (Å²) in [6.07, 6.45) is 0.638. The zero-order chi connectivity index (χ0) is 23.5. The molecule has 33 heavy (non-hydrogen) atoms. The number of benzene rings is 2. The monoisotopic (exact) mass is 449 g/mol. The Hall–Kier alpha value is -4.18. The van der Waals surface area contributed by atoms with Crippen LogP contribution in [-0.2, 0) is 13.5 Å². The number of fused-ring (bicyclic) bond motifs is 1. The van der Waals surface area contributed by atoms with E-state index in [9.17, 15) is 9.59 Å². The molecule has 2 heterocycles. The van der Waals surface area contributed by atoms with Crippen LogP contribution in [0.3, 0.4) is 0 Å². The van der Waals surface area contributed by atoms with Crippen LogP contribution in [0.15, 0.2) is 47.3 Å². The summed E-state index contributed by atoms with van der Waals surface area (Å²) in [5, 5.41) is 13.1. The van der Waals surface area contributed by atoms with Crippen molar-refractivity contribution in [2.45, 2.75) is 20.3 Å². The predicted molar refractivity (Wildman–Crippen MR) is 121 cm³/mol. The summed E-state index contributed by atoms with van der Waals surface area (Å²) in [6, 6.07) is 11.5. The van der Waals surface area contributed by atoms with Crippen molar-refractivity contribution in [1.29, 1.82) is 0 Å². The van der Waals surface area contributed by atoms with Crippen molar-refractivity contribution in [3.8, 4) is 28.6 Å². The summed E-state index contributed by atoms with van der Waals surface area (Å²) in [7, 11) is 1.72. The molecule has 10 heteroatoms. The van der Waals surface area contributed by atoms with Gasteiger partial charge in [-0.3, -0.25) is 19.5 Å². The zero-order valence-electron chi connectivity index (χ0n) is 18.4. The minimum atomic E-state index is -0.614. The van der Waals surface area contributed by atoms with Gasteiger partial charge in [-0.05, 0) is 55.8 Å². The van der Waals surface area contributed by atoms with Gasteiger partial charge in [-0.25, -0.2) is 10.5 Å². The highest BCUT2D eigenvalue weighted by Gasteiger charge is 2.18. The highest BCUT2D eigenvalue weighted by Crippen LogP contribution is 2.34. The lowest BCUT2D eigenvalue weighted by Crippen LogP contribution is -2.18. The van der Waals surface area contributed by atoms with E-state index in [-0.39, 0.29) is 11.1 Å². The number of carbonyl (C=O) groups excluding carboxylic acids is 1. The van der Waals surface area contributed by atoms with E-state index >= 15 is 0 Å². The fraction of sp³-hybridized carbons (Fsp3) is 0.217. The largest absolute Gasteiger partial charge is 0.493 e. The maximum Gasteiger partial charge on any atom is 0.277 e. The molecule has 0 aliphatic carbocycles. The van der Waals surface area contributed by atoms with Gasteiger partial charge < -0.3 is 14.5 Å². The van der Waals surface area contributed by atoms with Crippen LogP contribution < -0.4 is 20.5 Å². The Balaban J connectivity index is 1.76. The lowest BCUT2D eigenvalue weighted by atomic mass is 10.1. The molecule has 4 aromatic rings. The average molecular weight is 449 g/mol. The first kappa shape index (κ1) is 22.0. The topological polar surface area (TPSA) is 131 Å². The van der Waals surface area contributed by atoms with Gasteiger partial charge in [0.15, 0.2) is 5.52 Å². The van der Waals surface area contributed by atoms with E-state index in [1.807, 2.05) is 13.8 Å². The smallest absolute Gasteiger partial charge is 0.277 e. The molecule has 0 aliphatic heterocycles.